The fourth-order valence-electron chi connectivity index (χ4n) is 2.06. The molecule has 2 aromatic rings. The first-order valence-corrected chi connectivity index (χ1v) is 7.03. The van der Waals surface area contributed by atoms with Crippen LogP contribution in [-0.2, 0) is 13.2 Å². The molecule has 0 bridgehead atoms. The molecule has 5 heteroatoms. The number of benzene rings is 1. The topological polar surface area (TPSA) is 63.7 Å². The summed E-state index contributed by atoms with van der Waals surface area (Å²) in [5.41, 5.74) is 3.28. The second kappa shape index (κ2) is 6.40. The van der Waals surface area contributed by atoms with Crippen LogP contribution >= 0.6 is 0 Å². The van der Waals surface area contributed by atoms with Gasteiger partial charge in [-0.15, -0.1) is 5.10 Å². The Bertz CT molecular complexity index is 667. The second-order valence-electron chi connectivity index (χ2n) is 5.63. The highest BCUT2D eigenvalue weighted by Crippen LogP contribution is 2.21. The van der Waals surface area contributed by atoms with Crippen molar-refractivity contribution in [2.75, 3.05) is 0 Å². The van der Waals surface area contributed by atoms with Crippen molar-refractivity contribution in [1.29, 1.82) is 5.26 Å². The van der Waals surface area contributed by atoms with Crippen LogP contribution in [0.3, 0.4) is 0 Å². The van der Waals surface area contributed by atoms with Gasteiger partial charge in [0.1, 0.15) is 24.1 Å². The first-order valence-electron chi connectivity index (χ1n) is 7.03. The zero-order valence-electron chi connectivity index (χ0n) is 12.9. The van der Waals surface area contributed by atoms with E-state index < -0.39 is 0 Å². The van der Waals surface area contributed by atoms with Gasteiger partial charge < -0.3 is 4.74 Å². The van der Waals surface area contributed by atoms with Crippen LogP contribution in [0.15, 0.2) is 18.2 Å². The molecule has 0 aliphatic carbocycles. The van der Waals surface area contributed by atoms with Crippen LogP contribution in [0.4, 0.5) is 0 Å². The van der Waals surface area contributed by atoms with Gasteiger partial charge in [0.05, 0.1) is 0 Å². The minimum Gasteiger partial charge on any atom is -0.487 e. The maximum atomic E-state index is 9.14. The summed E-state index contributed by atoms with van der Waals surface area (Å²) < 4.78 is 7.63. The van der Waals surface area contributed by atoms with Gasteiger partial charge in [0.25, 0.3) is 0 Å². The first kappa shape index (κ1) is 15.0. The third-order valence-corrected chi connectivity index (χ3v) is 3.19. The van der Waals surface area contributed by atoms with Crippen molar-refractivity contribution in [1.82, 2.24) is 15.0 Å². The monoisotopic (exact) mass is 284 g/mol. The Morgan fingerprint density at radius 3 is 2.76 bits per heavy atom. The van der Waals surface area contributed by atoms with Crippen LogP contribution in [-0.4, -0.2) is 15.0 Å². The molecule has 1 aromatic heterocycles. The Morgan fingerprint density at radius 1 is 1.33 bits per heavy atom. The number of nitrogens with zero attached hydrogens (tertiary/aromatic N) is 4. The summed E-state index contributed by atoms with van der Waals surface area (Å²) in [6, 6.07) is 8.15. The lowest BCUT2D eigenvalue weighted by molar-refractivity contribution is 0.285. The van der Waals surface area contributed by atoms with E-state index >= 15 is 0 Å². The summed E-state index contributed by atoms with van der Waals surface area (Å²) in [6.07, 6.45) is 0. The summed E-state index contributed by atoms with van der Waals surface area (Å²) >= 11 is 0. The molecule has 2 rings (SSSR count). The van der Waals surface area contributed by atoms with Crippen molar-refractivity contribution in [3.8, 4) is 11.8 Å². The molecule has 0 unspecified atom stereocenters. The largest absolute Gasteiger partial charge is 0.487 e. The van der Waals surface area contributed by atoms with Crippen LogP contribution < -0.4 is 4.74 Å². The van der Waals surface area contributed by atoms with Crippen LogP contribution in [0.2, 0.25) is 0 Å². The molecular formula is C16H20N4O. The Balaban J connectivity index is 2.21. The van der Waals surface area contributed by atoms with Crippen molar-refractivity contribution in [2.45, 2.75) is 40.8 Å². The van der Waals surface area contributed by atoms with Gasteiger partial charge in [-0.2, -0.15) is 5.26 Å². The summed E-state index contributed by atoms with van der Waals surface area (Å²) in [5, 5.41) is 17.1. The van der Waals surface area contributed by atoms with Crippen LogP contribution in [0.25, 0.3) is 0 Å². The summed E-state index contributed by atoms with van der Waals surface area (Å²) in [5.74, 6) is 1.26. The SMILES string of the molecule is Cc1ccc(C)c(OCc2c(C#N)nnn2CC(C)C)c1. The van der Waals surface area contributed by atoms with E-state index in [9.17, 15) is 0 Å². The molecule has 0 saturated heterocycles. The maximum absolute atomic E-state index is 9.14. The minimum atomic E-state index is 0.299. The number of aromatic nitrogens is 3. The van der Waals surface area contributed by atoms with Gasteiger partial charge in [-0.25, -0.2) is 4.68 Å². The van der Waals surface area contributed by atoms with Gasteiger partial charge in [0.2, 0.25) is 0 Å². The van der Waals surface area contributed by atoms with E-state index in [2.05, 4.69) is 30.2 Å². The van der Waals surface area contributed by atoms with E-state index in [0.29, 0.717) is 18.2 Å². The summed E-state index contributed by atoms with van der Waals surface area (Å²) in [6.45, 7) is 9.25. The van der Waals surface area contributed by atoms with Crippen LogP contribution in [0.1, 0.15) is 36.4 Å². The number of rotatable bonds is 5. The fourth-order valence-corrected chi connectivity index (χ4v) is 2.06. The molecule has 0 spiro atoms. The van der Waals surface area contributed by atoms with E-state index in [-0.39, 0.29) is 0 Å². The lowest BCUT2D eigenvalue weighted by Gasteiger charge is -2.12. The molecule has 0 aliphatic heterocycles. The number of aryl methyl sites for hydroxylation is 2. The summed E-state index contributed by atoms with van der Waals surface area (Å²) in [4.78, 5) is 0. The average molecular weight is 284 g/mol. The van der Waals surface area contributed by atoms with Gasteiger partial charge in [0.15, 0.2) is 5.69 Å². The van der Waals surface area contributed by atoms with Gasteiger partial charge in [-0.3, -0.25) is 0 Å². The first-order chi connectivity index (χ1) is 10.0. The quantitative estimate of drug-likeness (QED) is 0.846. The zero-order chi connectivity index (χ0) is 15.4. The van der Waals surface area contributed by atoms with E-state index in [1.54, 1.807) is 4.68 Å². The molecule has 5 nitrogen and oxygen atoms in total. The predicted octanol–water partition coefficient (Wildman–Crippen LogP) is 3.00. The van der Waals surface area contributed by atoms with Gasteiger partial charge in [-0.05, 0) is 37.0 Å². The van der Waals surface area contributed by atoms with Crippen LogP contribution in [0, 0.1) is 31.1 Å². The Hall–Kier alpha value is -2.35. The molecule has 0 N–H and O–H groups in total. The van der Waals surface area contributed by atoms with Crippen LogP contribution in [0.5, 0.6) is 5.75 Å². The van der Waals surface area contributed by atoms with Crippen molar-refractivity contribution < 1.29 is 4.74 Å². The molecule has 1 heterocycles. The lowest BCUT2D eigenvalue weighted by atomic mass is 10.1. The lowest BCUT2D eigenvalue weighted by Crippen LogP contribution is -2.12. The number of nitriles is 1. The van der Waals surface area contributed by atoms with E-state index in [4.69, 9.17) is 10.00 Å². The molecule has 0 saturated carbocycles. The Morgan fingerprint density at radius 2 is 2.10 bits per heavy atom. The van der Waals surface area contributed by atoms with E-state index in [0.717, 1.165) is 29.1 Å². The second-order valence-corrected chi connectivity index (χ2v) is 5.63. The van der Waals surface area contributed by atoms with E-state index in [1.165, 1.54) is 0 Å². The van der Waals surface area contributed by atoms with Crippen molar-refractivity contribution in [3.05, 3.63) is 40.7 Å². The zero-order valence-corrected chi connectivity index (χ0v) is 12.9. The third kappa shape index (κ3) is 3.60. The fraction of sp³-hybridized carbons (Fsp3) is 0.438. The molecule has 0 atom stereocenters. The molecular weight excluding hydrogens is 264 g/mol. The summed E-state index contributed by atoms with van der Waals surface area (Å²) in [7, 11) is 0. The number of ether oxygens (including phenoxy) is 1. The third-order valence-electron chi connectivity index (χ3n) is 3.19. The molecule has 0 radical (unpaired) electrons. The minimum absolute atomic E-state index is 0.299. The van der Waals surface area contributed by atoms with Crippen molar-refractivity contribution in [2.24, 2.45) is 5.92 Å². The van der Waals surface area contributed by atoms with Gasteiger partial charge >= 0.3 is 0 Å². The van der Waals surface area contributed by atoms with Gasteiger partial charge in [-0.1, -0.05) is 31.2 Å². The Labute approximate surface area is 125 Å². The standard InChI is InChI=1S/C16H20N4O/c1-11(2)9-20-15(14(8-17)18-19-20)10-21-16-7-12(3)5-6-13(16)4/h5-7,11H,9-10H2,1-4H3. The number of hydrogen-bond acceptors (Lipinski definition) is 4. The van der Waals surface area contributed by atoms with Crippen molar-refractivity contribution in [3.63, 3.8) is 0 Å². The van der Waals surface area contributed by atoms with Gasteiger partial charge in [0, 0.05) is 6.54 Å². The molecule has 0 aliphatic rings. The Kier molecular flexibility index (Phi) is 4.59. The smallest absolute Gasteiger partial charge is 0.189 e. The normalized spacial score (nSPS) is 10.7. The number of hydrogen-bond donors (Lipinski definition) is 0. The molecule has 0 amide bonds. The predicted molar refractivity (Wildman–Crippen MR) is 79.8 cm³/mol. The highest BCUT2D eigenvalue weighted by Gasteiger charge is 2.14. The average Bonchev–Trinajstić information content (AvgIpc) is 2.81. The highest BCUT2D eigenvalue weighted by molar-refractivity contribution is 5.36. The molecule has 0 fully saturated rings. The maximum Gasteiger partial charge on any atom is 0.189 e. The van der Waals surface area contributed by atoms with Crippen molar-refractivity contribution >= 4 is 0 Å². The molecule has 21 heavy (non-hydrogen) atoms. The molecule has 110 valence electrons. The molecule has 1 aromatic carbocycles. The highest BCUT2D eigenvalue weighted by atomic mass is 16.5. The van der Waals surface area contributed by atoms with E-state index in [1.807, 2.05) is 32.0 Å².